The van der Waals surface area contributed by atoms with E-state index < -0.39 is 11.7 Å². The molecule has 0 saturated carbocycles. The van der Waals surface area contributed by atoms with E-state index in [2.05, 4.69) is 10.3 Å². The first-order chi connectivity index (χ1) is 9.05. The van der Waals surface area contributed by atoms with Crippen LogP contribution >= 0.6 is 0 Å². The maximum atomic E-state index is 12.9. The summed E-state index contributed by atoms with van der Waals surface area (Å²) in [7, 11) is 0. The highest BCUT2D eigenvalue weighted by Gasteiger charge is 2.32. The summed E-state index contributed by atoms with van der Waals surface area (Å²) >= 11 is 0. The average Bonchev–Trinajstić information content (AvgIpc) is 2.85. The first kappa shape index (κ1) is 12.5. The number of nitrogens with one attached hydrogen (secondary N) is 1. The topological polar surface area (TPSA) is 29.3 Å². The molecule has 0 amide bonds. The fourth-order valence-electron chi connectivity index (χ4n) is 2.67. The number of nitrogens with zero attached hydrogens (tertiary/aromatic N) is 2. The minimum atomic E-state index is -4.32. The Hall–Kier alpha value is -1.56. The van der Waals surface area contributed by atoms with Gasteiger partial charge in [-0.05, 0) is 43.5 Å². The third-order valence-electron chi connectivity index (χ3n) is 3.66. The van der Waals surface area contributed by atoms with Crippen molar-refractivity contribution in [3.63, 3.8) is 0 Å². The normalized spacial score (nSPS) is 18.1. The summed E-state index contributed by atoms with van der Waals surface area (Å²) in [6.45, 7) is 1.70. The molecule has 3 nitrogen and oxygen atoms in total. The number of pyridine rings is 1. The fourth-order valence-corrected chi connectivity index (χ4v) is 2.67. The van der Waals surface area contributed by atoms with E-state index in [-0.39, 0.29) is 5.92 Å². The lowest BCUT2D eigenvalue weighted by Crippen LogP contribution is -2.27. The highest BCUT2D eigenvalue weighted by Crippen LogP contribution is 2.35. The summed E-state index contributed by atoms with van der Waals surface area (Å²) in [4.78, 5) is 3.96. The number of fused-ring (bicyclic) bond motifs is 1. The van der Waals surface area contributed by atoms with Crippen molar-refractivity contribution in [3.8, 4) is 0 Å². The zero-order chi connectivity index (χ0) is 13.5. The Kier molecular flexibility index (Phi) is 2.97. The SMILES string of the molecule is FC(F)(F)c1cc(C2CCNCC2)c2cncn2c1. The van der Waals surface area contributed by atoms with Gasteiger partial charge >= 0.3 is 6.18 Å². The maximum Gasteiger partial charge on any atom is 0.417 e. The number of imidazole rings is 1. The molecule has 0 bridgehead atoms. The monoisotopic (exact) mass is 269 g/mol. The van der Waals surface area contributed by atoms with Crippen LogP contribution in [0.5, 0.6) is 0 Å². The minimum Gasteiger partial charge on any atom is -0.317 e. The van der Waals surface area contributed by atoms with E-state index in [1.54, 1.807) is 6.20 Å². The number of halogens is 3. The Morgan fingerprint density at radius 3 is 2.68 bits per heavy atom. The molecule has 0 spiro atoms. The Balaban J connectivity index is 2.12. The molecule has 0 aromatic carbocycles. The molecule has 1 aliphatic rings. The van der Waals surface area contributed by atoms with Crippen LogP contribution in [0, 0.1) is 0 Å². The molecule has 1 saturated heterocycles. The molecule has 1 N–H and O–H groups in total. The fraction of sp³-hybridized carbons (Fsp3) is 0.462. The third-order valence-corrected chi connectivity index (χ3v) is 3.66. The van der Waals surface area contributed by atoms with E-state index in [9.17, 15) is 13.2 Å². The molecule has 2 aromatic heterocycles. The number of rotatable bonds is 1. The second-order valence-electron chi connectivity index (χ2n) is 4.89. The van der Waals surface area contributed by atoms with Gasteiger partial charge in [-0.2, -0.15) is 13.2 Å². The summed E-state index contributed by atoms with van der Waals surface area (Å²) in [6, 6.07) is 1.28. The van der Waals surface area contributed by atoms with E-state index in [1.807, 2.05) is 0 Å². The van der Waals surface area contributed by atoms with Gasteiger partial charge in [0.1, 0.15) is 0 Å². The third kappa shape index (κ3) is 2.32. The molecule has 19 heavy (non-hydrogen) atoms. The van der Waals surface area contributed by atoms with E-state index in [0.29, 0.717) is 0 Å². The zero-order valence-electron chi connectivity index (χ0n) is 10.2. The van der Waals surface area contributed by atoms with Crippen molar-refractivity contribution in [2.24, 2.45) is 0 Å². The molecule has 102 valence electrons. The van der Waals surface area contributed by atoms with Crippen LogP contribution < -0.4 is 5.32 Å². The quantitative estimate of drug-likeness (QED) is 0.862. The second kappa shape index (κ2) is 4.52. The molecule has 6 heteroatoms. The standard InChI is InChI=1S/C13H14F3N3/c14-13(15,16)10-5-11(9-1-3-17-4-2-9)12-6-18-8-19(12)7-10/h5-9,17H,1-4H2. The van der Waals surface area contributed by atoms with Gasteiger partial charge in [0.15, 0.2) is 0 Å². The van der Waals surface area contributed by atoms with Crippen LogP contribution in [0.4, 0.5) is 13.2 Å². The molecule has 3 rings (SSSR count). The van der Waals surface area contributed by atoms with Crippen LogP contribution in [0.25, 0.3) is 5.52 Å². The van der Waals surface area contributed by atoms with Gasteiger partial charge in [-0.1, -0.05) is 0 Å². The summed E-state index contributed by atoms with van der Waals surface area (Å²) in [5.74, 6) is 0.169. The minimum absolute atomic E-state index is 0.169. The summed E-state index contributed by atoms with van der Waals surface area (Å²) in [5.41, 5.74) is 0.931. The summed E-state index contributed by atoms with van der Waals surface area (Å²) < 4.78 is 40.2. The van der Waals surface area contributed by atoms with E-state index in [0.717, 1.165) is 43.2 Å². The van der Waals surface area contributed by atoms with Crippen molar-refractivity contribution in [1.82, 2.24) is 14.7 Å². The Labute approximate surface area is 108 Å². The lowest BCUT2D eigenvalue weighted by molar-refractivity contribution is -0.137. The van der Waals surface area contributed by atoms with Crippen molar-refractivity contribution in [1.29, 1.82) is 0 Å². The largest absolute Gasteiger partial charge is 0.417 e. The van der Waals surface area contributed by atoms with Gasteiger partial charge < -0.3 is 9.72 Å². The zero-order valence-corrected chi connectivity index (χ0v) is 10.2. The molecule has 1 fully saturated rings. The number of piperidine rings is 1. The van der Waals surface area contributed by atoms with Crippen molar-refractivity contribution < 1.29 is 13.2 Å². The highest BCUT2D eigenvalue weighted by atomic mass is 19.4. The molecule has 1 aliphatic heterocycles. The van der Waals surface area contributed by atoms with Crippen molar-refractivity contribution in [2.45, 2.75) is 24.9 Å². The Bertz CT molecular complexity index is 582. The maximum absolute atomic E-state index is 12.9. The predicted octanol–water partition coefficient (Wildman–Crippen LogP) is 2.82. The van der Waals surface area contributed by atoms with Crippen LogP contribution in [0.3, 0.4) is 0 Å². The van der Waals surface area contributed by atoms with Crippen LogP contribution in [0.2, 0.25) is 0 Å². The van der Waals surface area contributed by atoms with Crippen LogP contribution in [0.15, 0.2) is 24.8 Å². The summed E-state index contributed by atoms with van der Waals surface area (Å²) in [5, 5.41) is 3.23. The van der Waals surface area contributed by atoms with Gasteiger partial charge in [0.25, 0.3) is 0 Å². The number of hydrogen-bond acceptors (Lipinski definition) is 2. The van der Waals surface area contributed by atoms with Gasteiger partial charge in [0.2, 0.25) is 0 Å². The van der Waals surface area contributed by atoms with Crippen molar-refractivity contribution >= 4 is 5.52 Å². The van der Waals surface area contributed by atoms with E-state index in [4.69, 9.17) is 0 Å². The molecule has 2 aromatic rings. The van der Waals surface area contributed by atoms with Crippen LogP contribution in [-0.2, 0) is 6.18 Å². The van der Waals surface area contributed by atoms with Gasteiger partial charge in [-0.3, -0.25) is 0 Å². The van der Waals surface area contributed by atoms with Gasteiger partial charge in [0, 0.05) is 6.20 Å². The molecule has 0 unspecified atom stereocenters. The lowest BCUT2D eigenvalue weighted by atomic mass is 9.89. The lowest BCUT2D eigenvalue weighted by Gasteiger charge is -2.24. The summed E-state index contributed by atoms with van der Waals surface area (Å²) in [6.07, 6.45) is 1.57. The number of alkyl halides is 3. The number of aromatic nitrogens is 2. The van der Waals surface area contributed by atoms with Crippen molar-refractivity contribution in [3.05, 3.63) is 35.9 Å². The Morgan fingerprint density at radius 1 is 1.26 bits per heavy atom. The first-order valence-electron chi connectivity index (χ1n) is 6.29. The second-order valence-corrected chi connectivity index (χ2v) is 4.89. The van der Waals surface area contributed by atoms with Crippen LogP contribution in [0.1, 0.15) is 29.9 Å². The van der Waals surface area contributed by atoms with Gasteiger partial charge in [0.05, 0.1) is 23.6 Å². The average molecular weight is 269 g/mol. The van der Waals surface area contributed by atoms with Crippen molar-refractivity contribution in [2.75, 3.05) is 13.1 Å². The Morgan fingerprint density at radius 2 is 2.00 bits per heavy atom. The van der Waals surface area contributed by atoms with Gasteiger partial charge in [-0.25, -0.2) is 4.98 Å². The molecular formula is C13H14F3N3. The molecule has 0 aliphatic carbocycles. The molecule has 0 atom stereocenters. The first-order valence-corrected chi connectivity index (χ1v) is 6.29. The van der Waals surface area contributed by atoms with Gasteiger partial charge in [-0.15, -0.1) is 0 Å². The van der Waals surface area contributed by atoms with E-state index in [1.165, 1.54) is 16.8 Å². The van der Waals surface area contributed by atoms with Crippen LogP contribution in [-0.4, -0.2) is 22.5 Å². The smallest absolute Gasteiger partial charge is 0.317 e. The number of hydrogen-bond donors (Lipinski definition) is 1. The van der Waals surface area contributed by atoms with E-state index >= 15 is 0 Å². The highest BCUT2D eigenvalue weighted by molar-refractivity contribution is 5.56. The molecule has 0 radical (unpaired) electrons. The molecule has 3 heterocycles. The predicted molar refractivity (Wildman–Crippen MR) is 65.0 cm³/mol. The molecular weight excluding hydrogens is 255 g/mol.